The summed E-state index contributed by atoms with van der Waals surface area (Å²) in [5.74, 6) is 0.745. The second kappa shape index (κ2) is 7.98. The van der Waals surface area contributed by atoms with E-state index in [2.05, 4.69) is 15.1 Å². The van der Waals surface area contributed by atoms with Gasteiger partial charge in [-0.1, -0.05) is 24.3 Å². The smallest absolute Gasteiger partial charge is 0.270 e. The van der Waals surface area contributed by atoms with E-state index in [-0.39, 0.29) is 23.8 Å². The van der Waals surface area contributed by atoms with E-state index < -0.39 is 15.9 Å². The summed E-state index contributed by atoms with van der Waals surface area (Å²) >= 11 is 0. The number of benzene rings is 3. The summed E-state index contributed by atoms with van der Waals surface area (Å²) in [5.41, 5.74) is 5.10. The number of nitrogens with one attached hydrogen (secondary N) is 2. The lowest BCUT2D eigenvalue weighted by Gasteiger charge is -2.10. The fourth-order valence-corrected chi connectivity index (χ4v) is 4.40. The third-order valence-corrected chi connectivity index (χ3v) is 6.38. The first-order chi connectivity index (χ1) is 15.5. The molecule has 0 fully saturated rings. The Morgan fingerprint density at radius 3 is 2.75 bits per heavy atom. The molecule has 0 bridgehead atoms. The van der Waals surface area contributed by atoms with Crippen LogP contribution in [0.15, 0.2) is 78.0 Å². The molecule has 0 unspecified atom stereocenters. The van der Waals surface area contributed by atoms with Crippen molar-refractivity contribution in [3.8, 4) is 11.5 Å². The molecule has 9 nitrogen and oxygen atoms in total. The molecular formula is C22H18N4O5S. The third kappa shape index (κ3) is 3.88. The van der Waals surface area contributed by atoms with Gasteiger partial charge in [0.25, 0.3) is 5.91 Å². The Kier molecular flexibility index (Phi) is 5.00. The van der Waals surface area contributed by atoms with Crippen LogP contribution in [0.2, 0.25) is 0 Å². The van der Waals surface area contributed by atoms with Gasteiger partial charge in [-0.15, -0.1) is 0 Å². The maximum Gasteiger partial charge on any atom is 0.270 e. The third-order valence-electron chi connectivity index (χ3n) is 4.99. The van der Waals surface area contributed by atoms with Gasteiger partial charge in [0.05, 0.1) is 15.9 Å². The Balaban J connectivity index is 1.31. The maximum absolute atomic E-state index is 12.8. The lowest BCUT2D eigenvalue weighted by Crippen LogP contribution is -2.25. The van der Waals surface area contributed by atoms with Crippen molar-refractivity contribution in [2.75, 3.05) is 12.2 Å². The summed E-state index contributed by atoms with van der Waals surface area (Å²) in [5, 5.41) is 0. The van der Waals surface area contributed by atoms with E-state index in [1.165, 1.54) is 29.2 Å². The summed E-state index contributed by atoms with van der Waals surface area (Å²) in [4.78, 5) is 16.9. The first kappa shape index (κ1) is 20.0. The quantitative estimate of drug-likeness (QED) is 0.467. The standard InChI is InChI=1S/C22H18N4O5S/c27-22(25-26-13-23-18-6-1-2-7-19(18)26)16-4-3-5-17(11-16)32(28,29)24-12-15-8-9-20-21(10-15)31-14-30-20/h1-11,13,24H,12,14H2,(H,25,27). The van der Waals surface area contributed by atoms with E-state index >= 15 is 0 Å². The summed E-state index contributed by atoms with van der Waals surface area (Å²) in [6, 6.07) is 18.4. The van der Waals surface area contributed by atoms with E-state index in [0.717, 1.165) is 16.6 Å². The van der Waals surface area contributed by atoms with Gasteiger partial charge in [-0.2, -0.15) is 0 Å². The molecule has 0 atom stereocenters. The fourth-order valence-electron chi connectivity index (χ4n) is 3.34. The Labute approximate surface area is 183 Å². The number of amides is 1. The number of aromatic nitrogens is 2. The largest absolute Gasteiger partial charge is 0.454 e. The normalized spacial score (nSPS) is 12.8. The Morgan fingerprint density at radius 2 is 1.84 bits per heavy atom. The zero-order chi connectivity index (χ0) is 22.1. The minimum Gasteiger partial charge on any atom is -0.454 e. The van der Waals surface area contributed by atoms with Crippen LogP contribution < -0.4 is 19.6 Å². The molecule has 1 aliphatic rings. The van der Waals surface area contributed by atoms with Crippen LogP contribution in [0.4, 0.5) is 0 Å². The number of carbonyl (C=O) groups excluding carboxylic acids is 1. The predicted octanol–water partition coefficient (Wildman–Crippen LogP) is 2.63. The highest BCUT2D eigenvalue weighted by Gasteiger charge is 2.18. The second-order valence-electron chi connectivity index (χ2n) is 7.08. The average Bonchev–Trinajstić information content (AvgIpc) is 3.44. The molecule has 3 aromatic carbocycles. The number of rotatable bonds is 6. The molecule has 162 valence electrons. The molecule has 1 aromatic heterocycles. The van der Waals surface area contributed by atoms with Gasteiger partial charge < -0.3 is 9.47 Å². The number of sulfonamides is 1. The van der Waals surface area contributed by atoms with Crippen molar-refractivity contribution in [2.24, 2.45) is 0 Å². The SMILES string of the molecule is O=C(Nn1cnc2ccccc21)c1cccc(S(=O)(=O)NCc2ccc3c(c2)OCO3)c1. The number of carbonyl (C=O) groups is 1. The van der Waals surface area contributed by atoms with Crippen molar-refractivity contribution < 1.29 is 22.7 Å². The van der Waals surface area contributed by atoms with E-state index in [4.69, 9.17) is 9.47 Å². The summed E-state index contributed by atoms with van der Waals surface area (Å²) in [6.45, 7) is 0.213. The van der Waals surface area contributed by atoms with Gasteiger partial charge in [-0.3, -0.25) is 10.2 Å². The van der Waals surface area contributed by atoms with Gasteiger partial charge in [0.15, 0.2) is 11.5 Å². The Morgan fingerprint density at radius 1 is 1.00 bits per heavy atom. The van der Waals surface area contributed by atoms with E-state index in [1.807, 2.05) is 24.3 Å². The van der Waals surface area contributed by atoms with Crippen LogP contribution in [0.3, 0.4) is 0 Å². The van der Waals surface area contributed by atoms with Crippen molar-refractivity contribution in [3.63, 3.8) is 0 Å². The first-order valence-corrected chi connectivity index (χ1v) is 11.2. The zero-order valence-electron chi connectivity index (χ0n) is 16.7. The molecule has 0 saturated carbocycles. The molecule has 4 aromatic rings. The number of imidazole rings is 1. The maximum atomic E-state index is 12.8. The Bertz CT molecular complexity index is 1430. The van der Waals surface area contributed by atoms with Crippen LogP contribution in [-0.4, -0.2) is 30.8 Å². The van der Waals surface area contributed by atoms with E-state index in [1.54, 1.807) is 24.3 Å². The number of nitrogens with zero attached hydrogens (tertiary/aromatic N) is 2. The summed E-state index contributed by atoms with van der Waals surface area (Å²) in [7, 11) is -3.85. The number of para-hydroxylation sites is 2. The summed E-state index contributed by atoms with van der Waals surface area (Å²) in [6.07, 6.45) is 1.50. The van der Waals surface area contributed by atoms with Crippen molar-refractivity contribution in [3.05, 3.63) is 84.2 Å². The van der Waals surface area contributed by atoms with Crippen molar-refractivity contribution in [1.82, 2.24) is 14.4 Å². The lowest BCUT2D eigenvalue weighted by atomic mass is 10.2. The van der Waals surface area contributed by atoms with Gasteiger partial charge in [-0.25, -0.2) is 22.8 Å². The van der Waals surface area contributed by atoms with Crippen LogP contribution in [0.1, 0.15) is 15.9 Å². The highest BCUT2D eigenvalue weighted by molar-refractivity contribution is 7.89. The van der Waals surface area contributed by atoms with E-state index in [9.17, 15) is 13.2 Å². The van der Waals surface area contributed by atoms with Crippen LogP contribution in [-0.2, 0) is 16.6 Å². The van der Waals surface area contributed by atoms with Gasteiger partial charge >= 0.3 is 0 Å². The first-order valence-electron chi connectivity index (χ1n) is 9.71. The van der Waals surface area contributed by atoms with Crippen LogP contribution in [0.25, 0.3) is 11.0 Å². The molecule has 1 amide bonds. The molecule has 0 saturated heterocycles. The van der Waals surface area contributed by atoms with Gasteiger partial charge in [0.2, 0.25) is 16.8 Å². The van der Waals surface area contributed by atoms with E-state index in [0.29, 0.717) is 11.5 Å². The van der Waals surface area contributed by atoms with Crippen molar-refractivity contribution in [2.45, 2.75) is 11.4 Å². The monoisotopic (exact) mass is 450 g/mol. The van der Waals surface area contributed by atoms with Crippen LogP contribution in [0.5, 0.6) is 11.5 Å². The van der Waals surface area contributed by atoms with Crippen LogP contribution >= 0.6 is 0 Å². The minimum atomic E-state index is -3.85. The number of ether oxygens (including phenoxy) is 2. The Hall–Kier alpha value is -3.89. The molecular weight excluding hydrogens is 432 g/mol. The molecule has 5 rings (SSSR count). The topological polar surface area (TPSA) is 112 Å². The summed E-state index contributed by atoms with van der Waals surface area (Å²) < 4.78 is 40.2. The second-order valence-corrected chi connectivity index (χ2v) is 8.85. The molecule has 32 heavy (non-hydrogen) atoms. The van der Waals surface area contributed by atoms with Crippen molar-refractivity contribution in [1.29, 1.82) is 0 Å². The van der Waals surface area contributed by atoms with Gasteiger partial charge in [0, 0.05) is 12.1 Å². The molecule has 2 heterocycles. The highest BCUT2D eigenvalue weighted by Crippen LogP contribution is 2.32. The predicted molar refractivity (Wildman–Crippen MR) is 116 cm³/mol. The molecule has 1 aliphatic heterocycles. The molecule has 0 aliphatic carbocycles. The molecule has 10 heteroatoms. The van der Waals surface area contributed by atoms with Crippen molar-refractivity contribution >= 4 is 27.0 Å². The minimum absolute atomic E-state index is 0.0126. The number of fused-ring (bicyclic) bond motifs is 2. The number of hydrogen-bond acceptors (Lipinski definition) is 6. The fraction of sp³-hybridized carbons (Fsp3) is 0.0909. The average molecular weight is 450 g/mol. The molecule has 2 N–H and O–H groups in total. The van der Waals surface area contributed by atoms with Gasteiger partial charge in [-0.05, 0) is 48.0 Å². The van der Waals surface area contributed by atoms with Gasteiger partial charge in [0.1, 0.15) is 6.33 Å². The number of hydrogen-bond donors (Lipinski definition) is 2. The highest BCUT2D eigenvalue weighted by atomic mass is 32.2. The van der Waals surface area contributed by atoms with Crippen LogP contribution in [0, 0.1) is 0 Å². The molecule has 0 spiro atoms. The molecule has 0 radical (unpaired) electrons. The zero-order valence-corrected chi connectivity index (χ0v) is 17.5. The lowest BCUT2D eigenvalue weighted by molar-refractivity contribution is 0.101.